The van der Waals surface area contributed by atoms with Crippen LogP contribution >= 0.6 is 0 Å². The van der Waals surface area contributed by atoms with Gasteiger partial charge in [0.05, 0.1) is 0 Å². The van der Waals surface area contributed by atoms with Crippen LogP contribution in [0.1, 0.15) is 0 Å². The van der Waals surface area contributed by atoms with E-state index in [1.54, 1.807) is 1.98 Å². The Balaban J connectivity index is 2.68. The Morgan fingerprint density at radius 2 is 1.25 bits per heavy atom. The van der Waals surface area contributed by atoms with Crippen LogP contribution in [-0.2, 0) is 0 Å². The first-order valence-corrected chi connectivity index (χ1v) is 16.4. The molecule has 1 aliphatic rings. The van der Waals surface area contributed by atoms with Crippen LogP contribution < -0.4 is 0 Å². The molecule has 0 aromatic heterocycles. The van der Waals surface area contributed by atoms with Gasteiger partial charge in [-0.1, -0.05) is 0 Å². The van der Waals surface area contributed by atoms with Crippen LogP contribution in [0.25, 0.3) is 0 Å². The summed E-state index contributed by atoms with van der Waals surface area (Å²) in [7, 11) is 0. The maximum atomic E-state index is 4.09. The minimum absolute atomic E-state index is 1.07. The van der Waals surface area contributed by atoms with Crippen molar-refractivity contribution in [1.29, 1.82) is 0 Å². The zero-order chi connectivity index (χ0) is 6.31. The summed E-state index contributed by atoms with van der Waals surface area (Å²) in [6.45, 7) is 8.19. The molecule has 0 unspecified atom stereocenters. The van der Waals surface area contributed by atoms with Gasteiger partial charge < -0.3 is 0 Å². The van der Waals surface area contributed by atoms with Crippen LogP contribution in [0.3, 0.4) is 0 Å². The molecule has 0 N–H and O–H groups in total. The van der Waals surface area contributed by atoms with Gasteiger partial charge in [-0.25, -0.2) is 0 Å². The van der Waals surface area contributed by atoms with Gasteiger partial charge in [0.25, 0.3) is 0 Å². The fraction of sp³-hybridized carbons (Fsp3) is 0.333. The van der Waals surface area contributed by atoms with Gasteiger partial charge in [0, 0.05) is 0 Å². The third-order valence-corrected chi connectivity index (χ3v) is 54.5. The van der Waals surface area contributed by atoms with E-state index in [-0.39, 0.29) is 0 Å². The molecule has 0 aromatic rings. The van der Waals surface area contributed by atoms with Gasteiger partial charge in [0.1, 0.15) is 0 Å². The van der Waals surface area contributed by atoms with Crippen LogP contribution in [0, 0.1) is 0 Å². The predicted octanol–water partition coefficient (Wildman–Crippen LogP) is 1.52. The number of hydrogen-bond donors (Lipinski definition) is 0. The Kier molecular flexibility index (Phi) is 2.27. The molecule has 1 aliphatic heterocycles. The van der Waals surface area contributed by atoms with Gasteiger partial charge in [-0.2, -0.15) is 0 Å². The maximum absolute atomic E-state index is 4.09. The van der Waals surface area contributed by atoms with Gasteiger partial charge in [-0.05, 0) is 0 Å². The molecule has 0 saturated carbocycles. The Morgan fingerprint density at radius 1 is 1.00 bits per heavy atom. The van der Waals surface area contributed by atoms with Crippen molar-refractivity contribution in [2.75, 3.05) is 0 Å². The van der Waals surface area contributed by atoms with Gasteiger partial charge in [-0.3, -0.25) is 0 Å². The third kappa shape index (κ3) is 0.951. The Bertz CT molecular complexity index is 119. The van der Waals surface area contributed by atoms with Gasteiger partial charge in [-0.15, -0.1) is 0 Å². The first kappa shape index (κ1) is 7.35. The standard InChI is InChI=1S/2C2H2.2CH3.2Bi/c2*1-2;;;;/h2*1H2;2*1H3;;. The first-order chi connectivity index (χ1) is 3.64. The quantitative estimate of drug-likeness (QED) is 0.443. The van der Waals surface area contributed by atoms with Crippen molar-refractivity contribution < 1.29 is 0 Å². The summed E-state index contributed by atoms with van der Waals surface area (Å²) in [5.74, 6) is 0. The molecule has 8 heavy (non-hydrogen) atoms. The molecule has 0 bridgehead atoms. The summed E-state index contributed by atoms with van der Waals surface area (Å²) in [5, 5.41) is 0. The van der Waals surface area contributed by atoms with Crippen LogP contribution in [0.4, 0.5) is 0 Å². The molecule has 0 amide bonds. The second-order valence-corrected chi connectivity index (χ2v) is 30.8. The van der Waals surface area contributed by atoms with Crippen LogP contribution in [0.5, 0.6) is 0 Å². The second-order valence-electron chi connectivity index (χ2n) is 1.95. The summed E-state index contributed by atoms with van der Waals surface area (Å²) in [4.78, 5) is 0. The molecule has 0 aromatic carbocycles. The zero-order valence-electron chi connectivity index (χ0n) is 5.31. The van der Waals surface area contributed by atoms with Crippen molar-refractivity contribution in [1.82, 2.24) is 0 Å². The molecule has 0 nitrogen and oxygen atoms in total. The normalized spacial score (nSPS) is 23.8. The summed E-state index contributed by atoms with van der Waals surface area (Å²) < 4.78 is 8.32. The first-order valence-electron chi connectivity index (χ1n) is 2.50. The average Bonchev–Trinajstić information content (AvgIpc) is 1.83. The van der Waals surface area contributed by atoms with E-state index in [0.717, 1.165) is 0 Å². The summed E-state index contributed by atoms with van der Waals surface area (Å²) in [6, 6.07) is 0. The van der Waals surface area contributed by atoms with E-state index in [2.05, 4.69) is 22.4 Å². The molecule has 44 valence electrons. The molecule has 0 radical (unpaired) electrons. The van der Waals surface area contributed by atoms with Crippen molar-refractivity contribution in [3.63, 3.8) is 0 Å². The predicted molar refractivity (Wildman–Crippen MR) is 41.5 cm³/mol. The van der Waals surface area contributed by atoms with Crippen LogP contribution in [0.2, 0.25) is 9.26 Å². The second kappa shape index (κ2) is 2.47. The summed E-state index contributed by atoms with van der Waals surface area (Å²) in [5.41, 5.74) is 0. The van der Waals surface area contributed by atoms with E-state index in [9.17, 15) is 0 Å². The van der Waals surface area contributed by atoms with Crippen molar-refractivity contribution in [2.45, 2.75) is 9.26 Å². The molecule has 0 spiro atoms. The molecular formula is C6H10Bi2. The molecule has 2 heteroatoms. The molecule has 1 fully saturated rings. The average molecular weight is 500 g/mol. The van der Waals surface area contributed by atoms with E-state index in [0.29, 0.717) is 0 Å². The van der Waals surface area contributed by atoms with Crippen LogP contribution in [0.15, 0.2) is 15.1 Å². The molecule has 0 atom stereocenters. The Morgan fingerprint density at radius 3 is 1.38 bits per heavy atom. The molecule has 1 saturated heterocycles. The molecule has 1 heterocycles. The van der Waals surface area contributed by atoms with E-state index >= 15 is 0 Å². The molecule has 0 aliphatic carbocycles. The van der Waals surface area contributed by atoms with Crippen LogP contribution in [-0.4, -0.2) is 43.5 Å². The minimum atomic E-state index is -1.07. The fourth-order valence-electron chi connectivity index (χ4n) is 0.703. The molecule has 1 rings (SSSR count). The van der Waals surface area contributed by atoms with Gasteiger partial charge >= 0.3 is 67.9 Å². The molecular weight excluding hydrogens is 490 g/mol. The van der Waals surface area contributed by atoms with Crippen molar-refractivity contribution in [3.8, 4) is 0 Å². The monoisotopic (exact) mass is 500 g/mol. The van der Waals surface area contributed by atoms with Gasteiger partial charge in [0.2, 0.25) is 0 Å². The zero-order valence-corrected chi connectivity index (χ0v) is 12.3. The van der Waals surface area contributed by atoms with E-state index in [1.165, 1.54) is 0 Å². The van der Waals surface area contributed by atoms with E-state index in [1.807, 2.05) is 0 Å². The topological polar surface area (TPSA) is 0 Å². The Labute approximate surface area is 67.0 Å². The number of hydrogen-bond acceptors (Lipinski definition) is 0. The van der Waals surface area contributed by atoms with E-state index < -0.39 is 43.5 Å². The van der Waals surface area contributed by atoms with Crippen molar-refractivity contribution >= 4 is 43.5 Å². The van der Waals surface area contributed by atoms with E-state index in [4.69, 9.17) is 0 Å². The van der Waals surface area contributed by atoms with Crippen molar-refractivity contribution in [2.24, 2.45) is 0 Å². The van der Waals surface area contributed by atoms with Crippen molar-refractivity contribution in [3.05, 3.63) is 15.1 Å². The SMILES string of the molecule is C=[C]1[Bi]([CH3])[C](=C)[Bi]1[CH3]. The number of rotatable bonds is 0. The Hall–Kier alpha value is 1.25. The summed E-state index contributed by atoms with van der Waals surface area (Å²) >= 11 is -2.14. The van der Waals surface area contributed by atoms with Gasteiger partial charge in [0.15, 0.2) is 0 Å². The summed E-state index contributed by atoms with van der Waals surface area (Å²) in [6.07, 6.45) is 0. The fourth-order valence-corrected chi connectivity index (χ4v) is 46.5. The third-order valence-electron chi connectivity index (χ3n) is 1.55.